The van der Waals surface area contributed by atoms with Crippen LogP contribution in [0.2, 0.25) is 0 Å². The normalized spacial score (nSPS) is 15.4. The third-order valence-electron chi connectivity index (χ3n) is 5.95. The molecule has 4 aromatic rings. The van der Waals surface area contributed by atoms with Crippen molar-refractivity contribution in [1.82, 2.24) is 9.29 Å². The lowest BCUT2D eigenvalue weighted by atomic mass is 9.97. The van der Waals surface area contributed by atoms with Gasteiger partial charge in [-0.05, 0) is 60.7 Å². The maximum absolute atomic E-state index is 13.0. The number of carbonyl (C=O) groups excluding carboxylic acids is 1. The van der Waals surface area contributed by atoms with Crippen LogP contribution < -0.4 is 10.1 Å². The van der Waals surface area contributed by atoms with Gasteiger partial charge in [0.1, 0.15) is 15.8 Å². The Kier molecular flexibility index (Phi) is 6.39. The van der Waals surface area contributed by atoms with E-state index in [1.165, 1.54) is 22.8 Å². The van der Waals surface area contributed by atoms with Crippen LogP contribution in [0.4, 0.5) is 5.00 Å². The van der Waals surface area contributed by atoms with E-state index in [9.17, 15) is 13.2 Å². The van der Waals surface area contributed by atoms with Crippen LogP contribution in [0.5, 0.6) is 5.75 Å². The maximum atomic E-state index is 13.0. The minimum atomic E-state index is -3.60. The average molecular weight is 514 g/mol. The van der Waals surface area contributed by atoms with Gasteiger partial charge in [-0.3, -0.25) is 4.79 Å². The molecule has 176 valence electrons. The molecular formula is C24H23N3O4S3. The van der Waals surface area contributed by atoms with Gasteiger partial charge in [0.15, 0.2) is 0 Å². The fourth-order valence-electron chi connectivity index (χ4n) is 4.03. The Morgan fingerprint density at radius 2 is 1.82 bits per heavy atom. The molecule has 34 heavy (non-hydrogen) atoms. The maximum Gasteiger partial charge on any atom is 0.243 e. The number of hydrogen-bond donors (Lipinski definition) is 1. The lowest BCUT2D eigenvalue weighted by Gasteiger charge is -2.30. The minimum Gasteiger partial charge on any atom is -0.497 e. The molecule has 3 heterocycles. The number of carbonyl (C=O) groups is 1. The smallest absolute Gasteiger partial charge is 0.243 e. The molecule has 1 aliphatic rings. The zero-order chi connectivity index (χ0) is 23.7. The van der Waals surface area contributed by atoms with E-state index < -0.39 is 10.0 Å². The number of para-hydroxylation sites is 1. The van der Waals surface area contributed by atoms with Crippen molar-refractivity contribution in [3.63, 3.8) is 0 Å². The summed E-state index contributed by atoms with van der Waals surface area (Å²) < 4.78 is 33.6. The number of aromatic nitrogens is 1. The summed E-state index contributed by atoms with van der Waals surface area (Å²) >= 11 is 3.07. The predicted octanol–water partition coefficient (Wildman–Crippen LogP) is 5.07. The third-order valence-corrected chi connectivity index (χ3v) is 9.76. The van der Waals surface area contributed by atoms with Crippen molar-refractivity contribution in [3.05, 3.63) is 60.0 Å². The topological polar surface area (TPSA) is 88.6 Å². The first-order valence-electron chi connectivity index (χ1n) is 10.8. The van der Waals surface area contributed by atoms with Crippen molar-refractivity contribution in [2.45, 2.75) is 17.7 Å². The van der Waals surface area contributed by atoms with Gasteiger partial charge < -0.3 is 10.1 Å². The van der Waals surface area contributed by atoms with Crippen LogP contribution in [0.25, 0.3) is 20.8 Å². The molecule has 0 atom stereocenters. The Balaban J connectivity index is 1.24. The standard InChI is InChI=1S/C24H23N3O4S3/c1-31-17-6-8-18(9-7-17)34(29,30)27-13-10-16(11-14-27)22(28)26-23-19(12-15-32-23)24-25-20-4-2-3-5-21(20)33-24/h2-9,12,15-16H,10-11,13-14H2,1H3,(H,26,28). The van der Waals surface area contributed by atoms with Gasteiger partial charge >= 0.3 is 0 Å². The van der Waals surface area contributed by atoms with Crippen LogP contribution in [0.3, 0.4) is 0 Å². The Morgan fingerprint density at radius 3 is 2.53 bits per heavy atom. The van der Waals surface area contributed by atoms with E-state index in [1.807, 2.05) is 35.7 Å². The molecule has 2 aromatic heterocycles. The van der Waals surface area contributed by atoms with Crippen LogP contribution in [-0.4, -0.2) is 43.8 Å². The van der Waals surface area contributed by atoms with E-state index in [0.29, 0.717) is 31.7 Å². The number of fused-ring (bicyclic) bond motifs is 1. The molecule has 0 saturated carbocycles. The van der Waals surface area contributed by atoms with Crippen LogP contribution in [0, 0.1) is 5.92 Å². The summed E-state index contributed by atoms with van der Waals surface area (Å²) in [6, 6.07) is 16.3. The monoisotopic (exact) mass is 513 g/mol. The molecule has 0 bridgehead atoms. The van der Waals surface area contributed by atoms with Gasteiger partial charge in [-0.1, -0.05) is 12.1 Å². The molecule has 2 aromatic carbocycles. The molecular weight excluding hydrogens is 490 g/mol. The van der Waals surface area contributed by atoms with E-state index in [2.05, 4.69) is 5.32 Å². The molecule has 1 aliphatic heterocycles. The second kappa shape index (κ2) is 9.46. The molecule has 1 fully saturated rings. The molecule has 1 saturated heterocycles. The van der Waals surface area contributed by atoms with Crippen LogP contribution in [0.15, 0.2) is 64.9 Å². The number of anilines is 1. The first-order chi connectivity index (χ1) is 16.5. The summed E-state index contributed by atoms with van der Waals surface area (Å²) in [6.07, 6.45) is 0.951. The number of thiophene rings is 1. The van der Waals surface area contributed by atoms with E-state index in [-0.39, 0.29) is 16.7 Å². The molecule has 5 rings (SSSR count). The zero-order valence-electron chi connectivity index (χ0n) is 18.4. The number of nitrogens with zero attached hydrogens (tertiary/aromatic N) is 2. The molecule has 7 nitrogen and oxygen atoms in total. The van der Waals surface area contributed by atoms with Gasteiger partial charge in [0.2, 0.25) is 15.9 Å². The van der Waals surface area contributed by atoms with E-state index in [0.717, 1.165) is 25.8 Å². The summed E-state index contributed by atoms with van der Waals surface area (Å²) in [6.45, 7) is 0.614. The van der Waals surface area contributed by atoms with Crippen molar-refractivity contribution in [2.75, 3.05) is 25.5 Å². The van der Waals surface area contributed by atoms with Crippen molar-refractivity contribution in [1.29, 1.82) is 0 Å². The van der Waals surface area contributed by atoms with Gasteiger partial charge in [0.05, 0.1) is 22.2 Å². The summed E-state index contributed by atoms with van der Waals surface area (Å²) in [7, 11) is -2.06. The zero-order valence-corrected chi connectivity index (χ0v) is 20.9. The van der Waals surface area contributed by atoms with Gasteiger partial charge in [-0.25, -0.2) is 13.4 Å². The highest BCUT2D eigenvalue weighted by Gasteiger charge is 2.32. The van der Waals surface area contributed by atoms with Gasteiger partial charge in [0, 0.05) is 24.6 Å². The highest BCUT2D eigenvalue weighted by atomic mass is 32.2. The Bertz CT molecular complexity index is 1390. The number of benzene rings is 2. The second-order valence-electron chi connectivity index (χ2n) is 7.99. The molecule has 0 spiro atoms. The van der Waals surface area contributed by atoms with Crippen LogP contribution >= 0.6 is 22.7 Å². The van der Waals surface area contributed by atoms with E-state index >= 15 is 0 Å². The van der Waals surface area contributed by atoms with Crippen molar-refractivity contribution >= 4 is 53.8 Å². The van der Waals surface area contributed by atoms with Gasteiger partial charge in [0.25, 0.3) is 0 Å². The number of rotatable bonds is 6. The average Bonchev–Trinajstić information content (AvgIpc) is 3.50. The summed E-state index contributed by atoms with van der Waals surface area (Å²) in [5.41, 5.74) is 1.86. The number of methoxy groups -OCH3 is 1. The molecule has 10 heteroatoms. The van der Waals surface area contributed by atoms with Crippen molar-refractivity contribution in [3.8, 4) is 16.3 Å². The van der Waals surface area contributed by atoms with Crippen LogP contribution in [-0.2, 0) is 14.8 Å². The first kappa shape index (κ1) is 23.0. The molecule has 1 amide bonds. The van der Waals surface area contributed by atoms with E-state index in [4.69, 9.17) is 9.72 Å². The lowest BCUT2D eigenvalue weighted by molar-refractivity contribution is -0.120. The van der Waals surface area contributed by atoms with Gasteiger partial charge in [-0.2, -0.15) is 4.31 Å². The molecule has 0 unspecified atom stereocenters. The highest BCUT2D eigenvalue weighted by molar-refractivity contribution is 7.89. The Morgan fingerprint density at radius 1 is 1.09 bits per heavy atom. The number of hydrogen-bond acceptors (Lipinski definition) is 7. The fraction of sp³-hybridized carbons (Fsp3) is 0.250. The van der Waals surface area contributed by atoms with E-state index in [1.54, 1.807) is 35.6 Å². The number of piperidine rings is 1. The summed E-state index contributed by atoms with van der Waals surface area (Å²) in [5.74, 6) is 0.284. The predicted molar refractivity (Wildman–Crippen MR) is 136 cm³/mol. The van der Waals surface area contributed by atoms with Crippen molar-refractivity contribution < 1.29 is 17.9 Å². The Labute approximate surface area is 206 Å². The summed E-state index contributed by atoms with van der Waals surface area (Å²) in [4.78, 5) is 18.0. The molecule has 1 N–H and O–H groups in total. The third kappa shape index (κ3) is 4.46. The first-order valence-corrected chi connectivity index (χ1v) is 14.0. The number of nitrogens with one attached hydrogen (secondary N) is 1. The molecule has 0 radical (unpaired) electrons. The quantitative estimate of drug-likeness (QED) is 0.389. The van der Waals surface area contributed by atoms with Crippen molar-refractivity contribution in [2.24, 2.45) is 5.92 Å². The number of ether oxygens (including phenoxy) is 1. The minimum absolute atomic E-state index is 0.0775. The van der Waals surface area contributed by atoms with Crippen LogP contribution in [0.1, 0.15) is 12.8 Å². The van der Waals surface area contributed by atoms with Gasteiger partial charge in [-0.15, -0.1) is 22.7 Å². The fourth-order valence-corrected chi connectivity index (χ4v) is 7.35. The lowest BCUT2D eigenvalue weighted by Crippen LogP contribution is -2.41. The number of thiazole rings is 1. The number of amides is 1. The second-order valence-corrected chi connectivity index (χ2v) is 11.9. The molecule has 0 aliphatic carbocycles. The SMILES string of the molecule is COc1ccc(S(=O)(=O)N2CCC(C(=O)Nc3sccc3-c3nc4ccccc4s3)CC2)cc1. The summed E-state index contributed by atoms with van der Waals surface area (Å²) in [5, 5.41) is 6.66. The highest BCUT2D eigenvalue weighted by Crippen LogP contribution is 2.38. The largest absolute Gasteiger partial charge is 0.497 e. The Hall–Kier alpha value is -2.79. The number of sulfonamides is 1.